The second kappa shape index (κ2) is 6.21. The van der Waals surface area contributed by atoms with Crippen LogP contribution in [0.15, 0.2) is 42.6 Å². The predicted octanol–water partition coefficient (Wildman–Crippen LogP) is 1.78. The fourth-order valence-corrected chi connectivity index (χ4v) is 1.67. The highest BCUT2D eigenvalue weighted by Gasteiger charge is 2.07. The Labute approximate surface area is 120 Å². The molecular weight excluding hydrogens is 277 g/mol. The molecule has 1 heterocycles. The Kier molecular flexibility index (Phi) is 4.37. The number of carbonyl (C=O) groups excluding carboxylic acids is 1. The van der Waals surface area contributed by atoms with Gasteiger partial charge in [0.05, 0.1) is 0 Å². The summed E-state index contributed by atoms with van der Waals surface area (Å²) < 4.78 is 12.7. The van der Waals surface area contributed by atoms with Crippen molar-refractivity contribution in [2.75, 3.05) is 0 Å². The van der Waals surface area contributed by atoms with Gasteiger partial charge in [-0.3, -0.25) is 9.78 Å². The summed E-state index contributed by atoms with van der Waals surface area (Å²) in [5, 5.41) is 2.70. The summed E-state index contributed by atoms with van der Waals surface area (Å²) in [6.45, 7) is 0.303. The highest BCUT2D eigenvalue weighted by Crippen LogP contribution is 2.04. The zero-order valence-corrected chi connectivity index (χ0v) is 11.3. The molecule has 0 radical (unpaired) electrons. The number of carbonyl (C=O) groups is 1. The van der Waals surface area contributed by atoms with E-state index in [-0.39, 0.29) is 22.4 Å². The van der Waals surface area contributed by atoms with E-state index in [4.69, 9.17) is 18.0 Å². The maximum Gasteiger partial charge on any atom is 0.270 e. The molecule has 20 heavy (non-hydrogen) atoms. The van der Waals surface area contributed by atoms with Gasteiger partial charge in [-0.15, -0.1) is 0 Å². The molecule has 2 aromatic rings. The van der Waals surface area contributed by atoms with Crippen LogP contribution in [-0.4, -0.2) is 15.9 Å². The minimum atomic E-state index is -0.316. The number of thiocarbonyl (C=S) groups is 1. The van der Waals surface area contributed by atoms with E-state index in [1.165, 1.54) is 18.3 Å². The van der Waals surface area contributed by atoms with Crippen molar-refractivity contribution in [2.45, 2.75) is 6.54 Å². The number of halogens is 1. The summed E-state index contributed by atoms with van der Waals surface area (Å²) in [6, 6.07) is 9.10. The summed E-state index contributed by atoms with van der Waals surface area (Å²) in [5.41, 5.74) is 7.13. The van der Waals surface area contributed by atoms with Gasteiger partial charge < -0.3 is 11.1 Å². The summed E-state index contributed by atoms with van der Waals surface area (Å²) in [5.74, 6) is -0.626. The number of aromatic nitrogens is 1. The van der Waals surface area contributed by atoms with Crippen LogP contribution >= 0.6 is 12.2 Å². The molecule has 1 amide bonds. The predicted molar refractivity (Wildman–Crippen MR) is 77.7 cm³/mol. The van der Waals surface area contributed by atoms with Gasteiger partial charge in [-0.2, -0.15) is 0 Å². The van der Waals surface area contributed by atoms with Crippen LogP contribution in [0, 0.1) is 5.82 Å². The van der Waals surface area contributed by atoms with Gasteiger partial charge >= 0.3 is 0 Å². The lowest BCUT2D eigenvalue weighted by Crippen LogP contribution is -2.24. The normalized spacial score (nSPS) is 10.1. The first-order chi connectivity index (χ1) is 9.56. The van der Waals surface area contributed by atoms with Crippen molar-refractivity contribution in [1.82, 2.24) is 10.3 Å². The quantitative estimate of drug-likeness (QED) is 0.842. The SMILES string of the molecule is NC(=S)c1ccc(C(=O)NCc2ccc(F)cc2)nc1. The minimum absolute atomic E-state index is 0.232. The number of benzene rings is 1. The van der Waals surface area contributed by atoms with Crippen LogP contribution in [0.5, 0.6) is 0 Å². The van der Waals surface area contributed by atoms with Gasteiger partial charge in [-0.1, -0.05) is 24.4 Å². The first-order valence-electron chi connectivity index (χ1n) is 5.85. The maximum absolute atomic E-state index is 12.7. The Balaban J connectivity index is 1.97. The van der Waals surface area contributed by atoms with Crippen LogP contribution in [0.25, 0.3) is 0 Å². The molecule has 4 nitrogen and oxygen atoms in total. The molecule has 0 aliphatic rings. The van der Waals surface area contributed by atoms with Gasteiger partial charge in [-0.05, 0) is 29.8 Å². The first kappa shape index (κ1) is 14.1. The molecule has 0 saturated carbocycles. The van der Waals surface area contributed by atoms with Gasteiger partial charge in [0.2, 0.25) is 0 Å². The molecule has 0 bridgehead atoms. The molecule has 3 N–H and O–H groups in total. The number of nitrogens with two attached hydrogens (primary N) is 1. The third kappa shape index (κ3) is 3.58. The number of rotatable bonds is 4. The lowest BCUT2D eigenvalue weighted by atomic mass is 10.2. The number of hydrogen-bond donors (Lipinski definition) is 2. The van der Waals surface area contributed by atoms with Gasteiger partial charge in [-0.25, -0.2) is 4.39 Å². The third-order valence-corrected chi connectivity index (χ3v) is 2.88. The molecule has 0 aliphatic carbocycles. The topological polar surface area (TPSA) is 68.0 Å². The monoisotopic (exact) mass is 289 g/mol. The molecule has 1 aromatic carbocycles. The van der Waals surface area contributed by atoms with Crippen LogP contribution in [-0.2, 0) is 6.54 Å². The van der Waals surface area contributed by atoms with Gasteiger partial charge in [0, 0.05) is 18.3 Å². The molecule has 0 spiro atoms. The van der Waals surface area contributed by atoms with Crippen molar-refractivity contribution in [3.05, 3.63) is 65.2 Å². The van der Waals surface area contributed by atoms with Crippen LogP contribution in [0.3, 0.4) is 0 Å². The van der Waals surface area contributed by atoms with E-state index < -0.39 is 0 Å². The van der Waals surface area contributed by atoms with Crippen LogP contribution in [0.2, 0.25) is 0 Å². The second-order valence-corrected chi connectivity index (χ2v) is 4.55. The Hall–Kier alpha value is -2.34. The Morgan fingerprint density at radius 3 is 2.50 bits per heavy atom. The minimum Gasteiger partial charge on any atom is -0.389 e. The van der Waals surface area contributed by atoms with Crippen molar-refractivity contribution in [1.29, 1.82) is 0 Å². The lowest BCUT2D eigenvalue weighted by Gasteiger charge is -2.05. The lowest BCUT2D eigenvalue weighted by molar-refractivity contribution is 0.0946. The summed E-state index contributed by atoms with van der Waals surface area (Å²) in [4.78, 5) is 16.1. The molecule has 0 atom stereocenters. The smallest absolute Gasteiger partial charge is 0.270 e. The highest BCUT2D eigenvalue weighted by molar-refractivity contribution is 7.80. The van der Waals surface area contributed by atoms with E-state index in [0.717, 1.165) is 5.56 Å². The largest absolute Gasteiger partial charge is 0.389 e. The van der Waals surface area contributed by atoms with Gasteiger partial charge in [0.15, 0.2) is 0 Å². The van der Waals surface area contributed by atoms with Crippen molar-refractivity contribution in [2.24, 2.45) is 5.73 Å². The average Bonchev–Trinajstić information content (AvgIpc) is 2.46. The van der Waals surface area contributed by atoms with Gasteiger partial charge in [0.1, 0.15) is 16.5 Å². The average molecular weight is 289 g/mol. The highest BCUT2D eigenvalue weighted by atomic mass is 32.1. The number of pyridine rings is 1. The number of hydrogen-bond acceptors (Lipinski definition) is 3. The van der Waals surface area contributed by atoms with Crippen LogP contribution in [0.1, 0.15) is 21.6 Å². The zero-order chi connectivity index (χ0) is 14.5. The zero-order valence-electron chi connectivity index (χ0n) is 10.5. The molecule has 6 heteroatoms. The molecule has 2 rings (SSSR count). The maximum atomic E-state index is 12.7. The standard InChI is InChI=1S/C14H12FN3OS/c15-11-4-1-9(2-5-11)7-18-14(19)12-6-3-10(8-17-12)13(16)20/h1-6,8H,7H2,(H2,16,20)(H,18,19). The second-order valence-electron chi connectivity index (χ2n) is 4.11. The van der Waals surface area contributed by atoms with E-state index in [9.17, 15) is 9.18 Å². The fraction of sp³-hybridized carbons (Fsp3) is 0.0714. The molecule has 0 aliphatic heterocycles. The molecule has 0 saturated heterocycles. The van der Waals surface area contributed by atoms with Crippen molar-refractivity contribution in [3.63, 3.8) is 0 Å². The Bertz CT molecular complexity index is 626. The van der Waals surface area contributed by atoms with Crippen molar-refractivity contribution < 1.29 is 9.18 Å². The summed E-state index contributed by atoms with van der Waals surface area (Å²) in [6.07, 6.45) is 1.45. The van der Waals surface area contributed by atoms with Crippen LogP contribution < -0.4 is 11.1 Å². The van der Waals surface area contributed by atoms with Crippen LogP contribution in [0.4, 0.5) is 4.39 Å². The van der Waals surface area contributed by atoms with Crippen molar-refractivity contribution >= 4 is 23.1 Å². The van der Waals surface area contributed by atoms with E-state index in [2.05, 4.69) is 10.3 Å². The fourth-order valence-electron chi connectivity index (χ4n) is 1.55. The Morgan fingerprint density at radius 2 is 1.95 bits per heavy atom. The molecular formula is C14H12FN3OS. The third-order valence-electron chi connectivity index (χ3n) is 2.65. The van der Waals surface area contributed by atoms with E-state index in [0.29, 0.717) is 12.1 Å². The van der Waals surface area contributed by atoms with Crippen molar-refractivity contribution in [3.8, 4) is 0 Å². The van der Waals surface area contributed by atoms with E-state index in [1.54, 1.807) is 24.3 Å². The summed E-state index contributed by atoms with van der Waals surface area (Å²) in [7, 11) is 0. The number of amides is 1. The Morgan fingerprint density at radius 1 is 1.25 bits per heavy atom. The van der Waals surface area contributed by atoms with E-state index in [1.807, 2.05) is 0 Å². The number of nitrogens with one attached hydrogen (secondary N) is 1. The summed E-state index contributed by atoms with van der Waals surface area (Å²) >= 11 is 4.80. The number of nitrogens with zero attached hydrogens (tertiary/aromatic N) is 1. The molecule has 1 aromatic heterocycles. The first-order valence-corrected chi connectivity index (χ1v) is 6.25. The van der Waals surface area contributed by atoms with Gasteiger partial charge in [0.25, 0.3) is 5.91 Å². The molecule has 0 fully saturated rings. The van der Waals surface area contributed by atoms with E-state index >= 15 is 0 Å². The molecule has 102 valence electrons. The molecule has 0 unspecified atom stereocenters.